The number of anilines is 1. The number of carbonyl (C=O) groups is 1. The Morgan fingerprint density at radius 2 is 2.25 bits per heavy atom. The Balaban J connectivity index is 2.51. The third kappa shape index (κ3) is 3.48. The van der Waals surface area contributed by atoms with Crippen LogP contribution in [-0.2, 0) is 4.79 Å². The van der Waals surface area contributed by atoms with Crippen molar-refractivity contribution in [1.82, 2.24) is 4.98 Å². The third-order valence-electron chi connectivity index (χ3n) is 2.51. The zero-order valence-electron chi connectivity index (χ0n) is 9.91. The Bertz CT molecular complexity index is 343. The highest BCUT2D eigenvalue weighted by Crippen LogP contribution is 2.21. The van der Waals surface area contributed by atoms with E-state index in [2.05, 4.69) is 10.3 Å². The van der Waals surface area contributed by atoms with Gasteiger partial charge < -0.3 is 10.4 Å². The molecule has 1 aromatic heterocycles. The van der Waals surface area contributed by atoms with Crippen LogP contribution in [0.2, 0.25) is 0 Å². The molecule has 4 nitrogen and oxygen atoms in total. The van der Waals surface area contributed by atoms with Gasteiger partial charge in [-0.1, -0.05) is 13.3 Å². The Hall–Kier alpha value is -1.10. The Labute approximate surface area is 99.7 Å². The second-order valence-electron chi connectivity index (χ2n) is 3.87. The number of carboxylic acids is 1. The summed E-state index contributed by atoms with van der Waals surface area (Å²) in [6.45, 7) is 6.42. The van der Waals surface area contributed by atoms with E-state index in [1.165, 1.54) is 4.88 Å². The molecule has 0 amide bonds. The van der Waals surface area contributed by atoms with Gasteiger partial charge in [-0.2, -0.15) is 0 Å². The van der Waals surface area contributed by atoms with Crippen molar-refractivity contribution in [3.63, 3.8) is 0 Å². The van der Waals surface area contributed by atoms with Crippen LogP contribution >= 0.6 is 11.3 Å². The fraction of sp³-hybridized carbons (Fsp3) is 0.636. The summed E-state index contributed by atoms with van der Waals surface area (Å²) in [6, 6.07) is 0. The molecule has 90 valence electrons. The summed E-state index contributed by atoms with van der Waals surface area (Å²) in [5.41, 5.74) is 1.01. The number of aromatic nitrogens is 1. The molecule has 0 radical (unpaired) electrons. The first-order chi connectivity index (χ1) is 7.54. The average Bonchev–Trinajstić information content (AvgIpc) is 2.53. The summed E-state index contributed by atoms with van der Waals surface area (Å²) in [4.78, 5) is 16.4. The van der Waals surface area contributed by atoms with E-state index in [1.54, 1.807) is 11.3 Å². The minimum atomic E-state index is -0.737. The largest absolute Gasteiger partial charge is 0.481 e. The Morgan fingerprint density at radius 3 is 2.69 bits per heavy atom. The second kappa shape index (κ2) is 5.84. The summed E-state index contributed by atoms with van der Waals surface area (Å²) in [5.74, 6) is -1.06. The highest BCUT2D eigenvalue weighted by Gasteiger charge is 2.16. The summed E-state index contributed by atoms with van der Waals surface area (Å²) in [5, 5.41) is 12.9. The van der Waals surface area contributed by atoms with Crippen molar-refractivity contribution in [2.75, 3.05) is 11.9 Å². The minimum Gasteiger partial charge on any atom is -0.481 e. The van der Waals surface area contributed by atoms with E-state index >= 15 is 0 Å². The van der Waals surface area contributed by atoms with Crippen molar-refractivity contribution < 1.29 is 9.90 Å². The van der Waals surface area contributed by atoms with Crippen LogP contribution in [0.15, 0.2) is 0 Å². The predicted molar refractivity (Wildman–Crippen MR) is 66.1 cm³/mol. The van der Waals surface area contributed by atoms with E-state index < -0.39 is 5.97 Å². The fourth-order valence-corrected chi connectivity index (χ4v) is 2.24. The highest BCUT2D eigenvalue weighted by atomic mass is 32.1. The quantitative estimate of drug-likeness (QED) is 0.805. The number of aliphatic carboxylic acids is 1. The second-order valence-corrected chi connectivity index (χ2v) is 5.07. The van der Waals surface area contributed by atoms with Gasteiger partial charge >= 0.3 is 5.97 Å². The molecule has 1 aromatic rings. The fourth-order valence-electron chi connectivity index (χ4n) is 1.42. The molecule has 5 heteroatoms. The summed E-state index contributed by atoms with van der Waals surface area (Å²) in [7, 11) is 0. The van der Waals surface area contributed by atoms with Crippen LogP contribution in [0, 0.1) is 19.8 Å². The zero-order chi connectivity index (χ0) is 12.1. The molecule has 0 aliphatic carbocycles. The van der Waals surface area contributed by atoms with Gasteiger partial charge in [0.05, 0.1) is 11.6 Å². The lowest BCUT2D eigenvalue weighted by atomic mass is 10.0. The summed E-state index contributed by atoms with van der Waals surface area (Å²) in [6.07, 6.45) is 1.58. The molecular formula is C11H18N2O2S. The number of rotatable bonds is 6. The van der Waals surface area contributed by atoms with Gasteiger partial charge in [-0.25, -0.2) is 4.98 Å². The van der Waals surface area contributed by atoms with Gasteiger partial charge in [-0.15, -0.1) is 11.3 Å². The van der Waals surface area contributed by atoms with Crippen LogP contribution < -0.4 is 5.32 Å². The molecule has 0 aliphatic heterocycles. The van der Waals surface area contributed by atoms with Crippen molar-refractivity contribution in [2.24, 2.45) is 5.92 Å². The van der Waals surface area contributed by atoms with Crippen LogP contribution in [0.4, 0.5) is 5.13 Å². The van der Waals surface area contributed by atoms with Crippen molar-refractivity contribution in [2.45, 2.75) is 33.6 Å². The first kappa shape index (κ1) is 13.0. The van der Waals surface area contributed by atoms with Crippen LogP contribution in [-0.4, -0.2) is 22.6 Å². The molecule has 1 atom stereocenters. The maximum absolute atomic E-state index is 10.9. The molecule has 0 saturated carbocycles. The number of hydrogen-bond acceptors (Lipinski definition) is 4. The number of thiazole rings is 1. The monoisotopic (exact) mass is 242 g/mol. The van der Waals surface area contributed by atoms with E-state index in [-0.39, 0.29) is 5.92 Å². The normalized spacial score (nSPS) is 12.4. The molecule has 1 unspecified atom stereocenters. The van der Waals surface area contributed by atoms with Gasteiger partial charge in [-0.3, -0.25) is 4.79 Å². The van der Waals surface area contributed by atoms with Gasteiger partial charge in [0.25, 0.3) is 0 Å². The van der Waals surface area contributed by atoms with Crippen LogP contribution in [0.1, 0.15) is 30.3 Å². The van der Waals surface area contributed by atoms with Gasteiger partial charge in [0.15, 0.2) is 5.13 Å². The Kier molecular flexibility index (Phi) is 4.73. The standard InChI is InChI=1S/C11H18N2O2S/c1-4-5-9(10(14)15)6-12-11-13-7(2)8(3)16-11/h9H,4-6H2,1-3H3,(H,12,13)(H,14,15). The van der Waals surface area contributed by atoms with Crippen LogP contribution in [0.3, 0.4) is 0 Å². The SMILES string of the molecule is CCCC(CNc1nc(C)c(C)s1)C(=O)O. The molecule has 0 bridgehead atoms. The molecule has 0 saturated heterocycles. The maximum Gasteiger partial charge on any atom is 0.308 e. The molecule has 2 N–H and O–H groups in total. The van der Waals surface area contributed by atoms with Gasteiger partial charge in [0.2, 0.25) is 0 Å². The topological polar surface area (TPSA) is 62.2 Å². The molecule has 0 spiro atoms. The number of aryl methyl sites for hydroxylation is 2. The van der Waals surface area contributed by atoms with Crippen molar-refractivity contribution in [1.29, 1.82) is 0 Å². The van der Waals surface area contributed by atoms with Crippen molar-refractivity contribution in [3.8, 4) is 0 Å². The number of nitrogens with zero attached hydrogens (tertiary/aromatic N) is 1. The summed E-state index contributed by atoms with van der Waals surface area (Å²) >= 11 is 1.57. The van der Waals surface area contributed by atoms with E-state index in [0.717, 1.165) is 17.2 Å². The molecule has 0 aromatic carbocycles. The third-order valence-corrected chi connectivity index (χ3v) is 3.55. The minimum absolute atomic E-state index is 0.325. The van der Waals surface area contributed by atoms with Crippen LogP contribution in [0.25, 0.3) is 0 Å². The molecular weight excluding hydrogens is 224 g/mol. The predicted octanol–water partition coefficient (Wildman–Crippen LogP) is 2.67. The van der Waals surface area contributed by atoms with Gasteiger partial charge in [-0.05, 0) is 20.3 Å². The lowest BCUT2D eigenvalue weighted by molar-refractivity contribution is -0.141. The molecule has 1 heterocycles. The average molecular weight is 242 g/mol. The van der Waals surface area contributed by atoms with E-state index in [9.17, 15) is 4.79 Å². The first-order valence-electron chi connectivity index (χ1n) is 5.45. The van der Waals surface area contributed by atoms with Crippen molar-refractivity contribution in [3.05, 3.63) is 10.6 Å². The van der Waals surface area contributed by atoms with Crippen molar-refractivity contribution >= 4 is 22.4 Å². The summed E-state index contributed by atoms with van der Waals surface area (Å²) < 4.78 is 0. The lowest BCUT2D eigenvalue weighted by Gasteiger charge is -2.11. The number of nitrogens with one attached hydrogen (secondary N) is 1. The molecule has 1 rings (SSSR count). The van der Waals surface area contributed by atoms with E-state index in [4.69, 9.17) is 5.11 Å². The van der Waals surface area contributed by atoms with Gasteiger partial charge in [0.1, 0.15) is 0 Å². The van der Waals surface area contributed by atoms with E-state index in [1.807, 2.05) is 20.8 Å². The maximum atomic E-state index is 10.9. The van der Waals surface area contributed by atoms with Crippen LogP contribution in [0.5, 0.6) is 0 Å². The smallest absolute Gasteiger partial charge is 0.308 e. The van der Waals surface area contributed by atoms with Gasteiger partial charge in [0, 0.05) is 11.4 Å². The zero-order valence-corrected chi connectivity index (χ0v) is 10.7. The Morgan fingerprint density at radius 1 is 1.56 bits per heavy atom. The highest BCUT2D eigenvalue weighted by molar-refractivity contribution is 7.15. The van der Waals surface area contributed by atoms with E-state index in [0.29, 0.717) is 13.0 Å². The molecule has 0 aliphatic rings. The lowest BCUT2D eigenvalue weighted by Crippen LogP contribution is -2.22. The molecule has 0 fully saturated rings. The number of carboxylic acid groups (broad SMARTS) is 1. The first-order valence-corrected chi connectivity index (χ1v) is 6.27. The molecule has 16 heavy (non-hydrogen) atoms. The number of hydrogen-bond donors (Lipinski definition) is 2.